The number of esters is 2. The van der Waals surface area contributed by atoms with E-state index in [-0.39, 0.29) is 57.8 Å². The van der Waals surface area contributed by atoms with Crippen molar-refractivity contribution in [2.75, 3.05) is 13.2 Å². The Labute approximate surface area is 324 Å². The molecular formula is C44H68N2O8. The van der Waals surface area contributed by atoms with Crippen molar-refractivity contribution in [2.24, 2.45) is 0 Å². The molecule has 0 aromatic heterocycles. The van der Waals surface area contributed by atoms with Gasteiger partial charge in [0.1, 0.15) is 23.7 Å². The molecule has 10 nitrogen and oxygen atoms in total. The zero-order chi connectivity index (χ0) is 39.6. The molecule has 0 radical (unpaired) electrons. The third-order valence-corrected chi connectivity index (χ3v) is 10.9. The molecular weight excluding hydrogens is 684 g/mol. The Balaban J connectivity index is 1.06. The Bertz CT molecular complexity index is 1360. The predicted octanol–water partition coefficient (Wildman–Crippen LogP) is 9.00. The molecule has 2 N–H and O–H groups in total. The van der Waals surface area contributed by atoms with Crippen LogP contribution in [0.4, 0.5) is 0 Å². The highest BCUT2D eigenvalue weighted by Gasteiger charge is 2.49. The average Bonchev–Trinajstić information content (AvgIpc) is 3.05. The molecule has 0 saturated carbocycles. The Morgan fingerprint density at radius 1 is 0.556 bits per heavy atom. The van der Waals surface area contributed by atoms with Gasteiger partial charge in [0.2, 0.25) is 0 Å². The summed E-state index contributed by atoms with van der Waals surface area (Å²) < 4.78 is 12.0. The number of hydrogen-bond donors (Lipinski definition) is 2. The van der Waals surface area contributed by atoms with E-state index in [4.69, 9.17) is 19.1 Å². The van der Waals surface area contributed by atoms with E-state index in [0.29, 0.717) is 64.6 Å². The maximum absolute atomic E-state index is 12.8. The van der Waals surface area contributed by atoms with Crippen molar-refractivity contribution in [1.82, 2.24) is 10.1 Å². The lowest BCUT2D eigenvalue weighted by molar-refractivity contribution is -0.292. The summed E-state index contributed by atoms with van der Waals surface area (Å²) in [6.07, 6.45) is 10.0. The van der Waals surface area contributed by atoms with Gasteiger partial charge in [0.05, 0.1) is 13.2 Å². The lowest BCUT2D eigenvalue weighted by Gasteiger charge is -2.53. The molecule has 2 aromatic carbocycles. The first-order valence-corrected chi connectivity index (χ1v) is 20.2. The van der Waals surface area contributed by atoms with Crippen molar-refractivity contribution in [3.63, 3.8) is 0 Å². The van der Waals surface area contributed by atoms with E-state index < -0.39 is 0 Å². The number of para-hydroxylation sites is 2. The minimum atomic E-state index is -0.326. The SMILES string of the molecule is CC1(C)CC(OC(=O)CCCCCCCCC(=O)OC2CC(C)(C)N(OCCc3ccccc3O)C(C)(C)C2)CC(C)(C)N1OCCc1ccccc1O. The van der Waals surface area contributed by atoms with Crippen LogP contribution < -0.4 is 0 Å². The zero-order valence-electron chi connectivity index (χ0n) is 34.3. The fraction of sp³-hybridized carbons (Fsp3) is 0.682. The fourth-order valence-electron chi connectivity index (χ4n) is 8.88. The quantitative estimate of drug-likeness (QED) is 0.106. The molecule has 0 spiro atoms. The summed E-state index contributed by atoms with van der Waals surface area (Å²) in [5.74, 6) is 0.288. The van der Waals surface area contributed by atoms with Crippen molar-refractivity contribution in [1.29, 1.82) is 0 Å². The second-order valence-corrected chi connectivity index (χ2v) is 17.9. The number of piperidine rings is 2. The van der Waals surface area contributed by atoms with Crippen LogP contribution in [0.15, 0.2) is 48.5 Å². The molecule has 2 aliphatic heterocycles. The molecule has 2 saturated heterocycles. The second kappa shape index (κ2) is 19.1. The van der Waals surface area contributed by atoms with Gasteiger partial charge in [-0.3, -0.25) is 19.3 Å². The molecule has 0 aliphatic carbocycles. The van der Waals surface area contributed by atoms with Crippen molar-refractivity contribution in [3.8, 4) is 11.5 Å². The minimum Gasteiger partial charge on any atom is -0.508 e. The lowest BCUT2D eigenvalue weighted by atomic mass is 9.80. The van der Waals surface area contributed by atoms with Gasteiger partial charge in [0.25, 0.3) is 0 Å². The highest BCUT2D eigenvalue weighted by Crippen LogP contribution is 2.41. The summed E-state index contributed by atoms with van der Waals surface area (Å²) in [6.45, 7) is 17.9. The predicted molar refractivity (Wildman–Crippen MR) is 211 cm³/mol. The maximum atomic E-state index is 12.8. The van der Waals surface area contributed by atoms with Crippen molar-refractivity contribution < 1.29 is 39.0 Å². The van der Waals surface area contributed by atoms with Crippen LogP contribution in [0.3, 0.4) is 0 Å². The van der Waals surface area contributed by atoms with Crippen LogP contribution in [0.5, 0.6) is 11.5 Å². The number of rotatable bonds is 19. The van der Waals surface area contributed by atoms with E-state index in [1.165, 1.54) is 0 Å². The average molecular weight is 753 g/mol. The number of benzene rings is 2. The number of ether oxygens (including phenoxy) is 2. The first-order chi connectivity index (χ1) is 25.4. The third-order valence-electron chi connectivity index (χ3n) is 10.9. The molecule has 2 heterocycles. The van der Waals surface area contributed by atoms with Crippen LogP contribution >= 0.6 is 0 Å². The molecule has 10 heteroatoms. The van der Waals surface area contributed by atoms with Gasteiger partial charge < -0.3 is 19.7 Å². The Kier molecular flexibility index (Phi) is 15.4. The van der Waals surface area contributed by atoms with Gasteiger partial charge in [-0.25, -0.2) is 0 Å². The normalized spacial score (nSPS) is 20.1. The van der Waals surface area contributed by atoms with Crippen LogP contribution in [0.25, 0.3) is 0 Å². The summed E-state index contributed by atoms with van der Waals surface area (Å²) >= 11 is 0. The number of nitrogens with zero attached hydrogens (tertiary/aromatic N) is 2. The number of carbonyl (C=O) groups excluding carboxylic acids is 2. The van der Waals surface area contributed by atoms with Crippen molar-refractivity contribution in [3.05, 3.63) is 59.7 Å². The Morgan fingerprint density at radius 3 is 1.20 bits per heavy atom. The summed E-state index contributed by atoms with van der Waals surface area (Å²) in [4.78, 5) is 38.2. The van der Waals surface area contributed by atoms with Gasteiger partial charge in [-0.15, -0.1) is 0 Å². The van der Waals surface area contributed by atoms with Crippen LogP contribution in [-0.2, 0) is 41.6 Å². The topological polar surface area (TPSA) is 118 Å². The minimum absolute atomic E-state index is 0.139. The number of aromatic hydroxyl groups is 2. The smallest absolute Gasteiger partial charge is 0.306 e. The van der Waals surface area contributed by atoms with Crippen molar-refractivity contribution >= 4 is 11.9 Å². The van der Waals surface area contributed by atoms with E-state index in [2.05, 4.69) is 55.4 Å². The van der Waals surface area contributed by atoms with Gasteiger partial charge in [-0.05, 0) is 91.5 Å². The Hall–Kier alpha value is -3.18. The van der Waals surface area contributed by atoms with E-state index >= 15 is 0 Å². The molecule has 2 fully saturated rings. The molecule has 0 unspecified atom stereocenters. The second-order valence-electron chi connectivity index (χ2n) is 17.9. The number of carbonyl (C=O) groups is 2. The molecule has 0 bridgehead atoms. The highest BCUT2D eigenvalue weighted by molar-refractivity contribution is 5.70. The Morgan fingerprint density at radius 2 is 0.870 bits per heavy atom. The van der Waals surface area contributed by atoms with Gasteiger partial charge >= 0.3 is 11.9 Å². The largest absolute Gasteiger partial charge is 0.508 e. The lowest BCUT2D eigenvalue weighted by Crippen LogP contribution is -2.62. The first kappa shape index (κ1) is 43.5. The molecule has 2 aliphatic rings. The highest BCUT2D eigenvalue weighted by atomic mass is 16.7. The van der Waals surface area contributed by atoms with Gasteiger partial charge in [0.15, 0.2) is 0 Å². The standard InChI is InChI=1S/C44H68N2O8/c1-41(2)29-35(30-42(3,4)45(41)51-27-25-33-19-15-17-21-37(33)47)53-39(49)23-13-11-9-10-12-14-24-40(50)54-36-31-43(5,6)46(44(7,8)32-36)52-28-26-34-20-16-18-22-38(34)48/h15-22,35-36,47-48H,9-14,23-32H2,1-8H3. The maximum Gasteiger partial charge on any atom is 0.306 e. The van der Waals surface area contributed by atoms with Crippen LogP contribution in [0.1, 0.15) is 144 Å². The van der Waals surface area contributed by atoms with Crippen LogP contribution in [-0.4, -0.2) is 79.9 Å². The molecule has 302 valence electrons. The third kappa shape index (κ3) is 12.7. The number of hydroxylamine groups is 4. The van der Waals surface area contributed by atoms with E-state index in [1.807, 2.05) is 46.5 Å². The van der Waals surface area contributed by atoms with E-state index in [9.17, 15) is 19.8 Å². The number of phenols is 2. The first-order valence-electron chi connectivity index (χ1n) is 20.2. The fourth-order valence-corrected chi connectivity index (χ4v) is 8.88. The van der Waals surface area contributed by atoms with Crippen LogP contribution in [0.2, 0.25) is 0 Å². The van der Waals surface area contributed by atoms with E-state index in [1.54, 1.807) is 12.1 Å². The molecule has 4 rings (SSSR count). The molecule has 54 heavy (non-hydrogen) atoms. The van der Waals surface area contributed by atoms with E-state index in [0.717, 1.165) is 49.7 Å². The van der Waals surface area contributed by atoms with Gasteiger partial charge in [-0.1, -0.05) is 62.1 Å². The summed E-state index contributed by atoms with van der Waals surface area (Å²) in [5, 5.41) is 24.3. The number of hydrogen-bond acceptors (Lipinski definition) is 10. The monoisotopic (exact) mass is 752 g/mol. The van der Waals surface area contributed by atoms with Gasteiger partial charge in [-0.2, -0.15) is 10.1 Å². The summed E-state index contributed by atoms with van der Waals surface area (Å²) in [7, 11) is 0. The summed E-state index contributed by atoms with van der Waals surface area (Å²) in [6, 6.07) is 14.7. The molecule has 0 atom stereocenters. The van der Waals surface area contributed by atoms with Gasteiger partial charge in [0, 0.05) is 73.5 Å². The molecule has 0 amide bonds. The number of phenolic OH excluding ortho intramolecular Hbond substituents is 2. The number of unbranched alkanes of at least 4 members (excludes halogenated alkanes) is 5. The zero-order valence-corrected chi connectivity index (χ0v) is 34.3. The van der Waals surface area contributed by atoms with Crippen molar-refractivity contribution in [2.45, 2.75) is 180 Å². The van der Waals surface area contributed by atoms with Crippen LogP contribution in [0, 0.1) is 0 Å². The summed E-state index contributed by atoms with van der Waals surface area (Å²) in [5.41, 5.74) is 0.417. The molecule has 2 aromatic rings.